The Kier molecular flexibility index (Phi) is 4.58. The average Bonchev–Trinajstić information content (AvgIpc) is 3.31. The zero-order valence-corrected chi connectivity index (χ0v) is 15.1. The van der Waals surface area contributed by atoms with Gasteiger partial charge in [0.05, 0.1) is 12.3 Å². The van der Waals surface area contributed by atoms with E-state index in [2.05, 4.69) is 16.4 Å². The molecule has 0 radical (unpaired) electrons. The predicted molar refractivity (Wildman–Crippen MR) is 102 cm³/mol. The van der Waals surface area contributed by atoms with Crippen LogP contribution in [0.15, 0.2) is 53.9 Å². The highest BCUT2D eigenvalue weighted by atomic mass is 32.1. The summed E-state index contributed by atoms with van der Waals surface area (Å²) in [6.45, 7) is 2.45. The minimum Gasteiger partial charge on any atom is -0.493 e. The van der Waals surface area contributed by atoms with Gasteiger partial charge >= 0.3 is 0 Å². The zero-order chi connectivity index (χ0) is 17.9. The van der Waals surface area contributed by atoms with Gasteiger partial charge in [-0.2, -0.15) is 0 Å². The Hall–Kier alpha value is -2.86. The Morgan fingerprint density at radius 1 is 1.27 bits per heavy atom. The van der Waals surface area contributed by atoms with Crippen LogP contribution < -0.4 is 14.8 Å². The van der Waals surface area contributed by atoms with Crippen molar-refractivity contribution < 1.29 is 14.3 Å². The molecule has 1 amide bonds. The second-order valence-corrected chi connectivity index (χ2v) is 6.88. The molecule has 5 nitrogen and oxygen atoms in total. The summed E-state index contributed by atoms with van der Waals surface area (Å²) in [6.07, 6.45) is 0.313. The highest BCUT2D eigenvalue weighted by Gasteiger charge is 2.18. The highest BCUT2D eigenvalue weighted by molar-refractivity contribution is 7.14. The van der Waals surface area contributed by atoms with E-state index in [0.29, 0.717) is 10.9 Å². The minimum absolute atomic E-state index is 0.225. The molecule has 1 aromatic heterocycles. The third-order valence-corrected chi connectivity index (χ3v) is 4.90. The van der Waals surface area contributed by atoms with Gasteiger partial charge < -0.3 is 9.47 Å². The number of fused-ring (bicyclic) bond motifs is 1. The maximum absolute atomic E-state index is 12.3. The van der Waals surface area contributed by atoms with Crippen LogP contribution in [0.4, 0.5) is 5.13 Å². The molecule has 1 aliphatic rings. The molecule has 0 fully saturated rings. The topological polar surface area (TPSA) is 60.5 Å². The van der Waals surface area contributed by atoms with Crippen LogP contribution in [0, 0.1) is 0 Å². The molecule has 0 saturated heterocycles. The van der Waals surface area contributed by atoms with Gasteiger partial charge in [0.15, 0.2) is 11.2 Å². The fourth-order valence-corrected chi connectivity index (χ4v) is 3.50. The number of aromatic nitrogens is 1. The lowest BCUT2D eigenvalue weighted by Gasteiger charge is -2.13. The van der Waals surface area contributed by atoms with E-state index >= 15 is 0 Å². The number of hydrogen-bond acceptors (Lipinski definition) is 5. The van der Waals surface area contributed by atoms with Crippen LogP contribution in [-0.4, -0.2) is 23.6 Å². The van der Waals surface area contributed by atoms with Crippen molar-refractivity contribution in [2.75, 3.05) is 11.9 Å². The summed E-state index contributed by atoms with van der Waals surface area (Å²) in [5, 5.41) is 5.32. The van der Waals surface area contributed by atoms with E-state index < -0.39 is 6.10 Å². The van der Waals surface area contributed by atoms with Gasteiger partial charge in [0.1, 0.15) is 11.5 Å². The van der Waals surface area contributed by atoms with Crippen molar-refractivity contribution >= 4 is 22.4 Å². The third-order valence-electron chi connectivity index (χ3n) is 4.14. The molecular weight excluding hydrogens is 348 g/mol. The van der Waals surface area contributed by atoms with Gasteiger partial charge in [-0.3, -0.25) is 10.1 Å². The first kappa shape index (κ1) is 16.6. The molecule has 2 heterocycles. The molecule has 1 atom stereocenters. The Balaban J connectivity index is 1.42. The maximum Gasteiger partial charge on any atom is 0.266 e. The number of nitrogens with zero attached hydrogens (tertiary/aromatic N) is 1. The molecular formula is C20H18N2O3S. The number of carbonyl (C=O) groups is 1. The minimum atomic E-state index is -0.609. The Morgan fingerprint density at radius 2 is 2.12 bits per heavy atom. The van der Waals surface area contributed by atoms with Gasteiger partial charge in [-0.1, -0.05) is 18.2 Å². The molecule has 0 bridgehead atoms. The molecule has 0 aliphatic carbocycles. The number of ether oxygens (including phenoxy) is 2. The van der Waals surface area contributed by atoms with Gasteiger partial charge in [-0.05, 0) is 42.8 Å². The van der Waals surface area contributed by atoms with Crippen LogP contribution in [-0.2, 0) is 11.2 Å². The molecule has 4 rings (SSSR count). The van der Waals surface area contributed by atoms with Gasteiger partial charge in [0, 0.05) is 17.4 Å². The molecule has 3 aromatic rings. The Bertz CT molecular complexity index is 924. The van der Waals surface area contributed by atoms with Crippen molar-refractivity contribution in [2.24, 2.45) is 0 Å². The van der Waals surface area contributed by atoms with E-state index in [1.807, 2.05) is 47.8 Å². The van der Waals surface area contributed by atoms with Crippen LogP contribution in [0.25, 0.3) is 11.3 Å². The van der Waals surface area contributed by atoms with Crippen LogP contribution in [0.5, 0.6) is 11.5 Å². The normalized spacial score (nSPS) is 13.6. The Labute approximate surface area is 155 Å². The summed E-state index contributed by atoms with van der Waals surface area (Å²) < 4.78 is 11.2. The largest absolute Gasteiger partial charge is 0.493 e. The van der Waals surface area contributed by atoms with Crippen molar-refractivity contribution in [1.29, 1.82) is 0 Å². The smallest absolute Gasteiger partial charge is 0.266 e. The van der Waals surface area contributed by atoms with E-state index in [9.17, 15) is 4.79 Å². The number of thiazole rings is 1. The molecule has 1 unspecified atom stereocenters. The first-order valence-corrected chi connectivity index (χ1v) is 9.31. The van der Waals surface area contributed by atoms with Crippen LogP contribution in [0.3, 0.4) is 0 Å². The van der Waals surface area contributed by atoms with Crippen molar-refractivity contribution in [1.82, 2.24) is 4.98 Å². The van der Waals surface area contributed by atoms with Gasteiger partial charge in [-0.25, -0.2) is 4.98 Å². The number of anilines is 1. The SMILES string of the molecule is CC(Oc1ccccc1)C(=O)Nc1nc(-c2ccc3c(c2)CCO3)cs1. The van der Waals surface area contributed by atoms with E-state index in [-0.39, 0.29) is 5.91 Å². The molecule has 26 heavy (non-hydrogen) atoms. The van der Waals surface area contributed by atoms with Crippen molar-refractivity contribution in [3.8, 4) is 22.8 Å². The van der Waals surface area contributed by atoms with Gasteiger partial charge in [-0.15, -0.1) is 11.3 Å². The van der Waals surface area contributed by atoms with Crippen LogP contribution >= 0.6 is 11.3 Å². The number of hydrogen-bond donors (Lipinski definition) is 1. The monoisotopic (exact) mass is 366 g/mol. The summed E-state index contributed by atoms with van der Waals surface area (Å²) >= 11 is 1.40. The van der Waals surface area contributed by atoms with E-state index in [4.69, 9.17) is 9.47 Å². The molecule has 2 aromatic carbocycles. The van der Waals surface area contributed by atoms with Crippen LogP contribution in [0.2, 0.25) is 0 Å². The first-order valence-electron chi connectivity index (χ1n) is 8.43. The summed E-state index contributed by atoms with van der Waals surface area (Å²) in [4.78, 5) is 16.9. The van der Waals surface area contributed by atoms with Gasteiger partial charge in [0.25, 0.3) is 5.91 Å². The van der Waals surface area contributed by atoms with Crippen molar-refractivity contribution in [3.05, 3.63) is 59.5 Å². The quantitative estimate of drug-likeness (QED) is 0.737. The summed E-state index contributed by atoms with van der Waals surface area (Å²) in [5.41, 5.74) is 3.07. The van der Waals surface area contributed by atoms with Crippen molar-refractivity contribution in [3.63, 3.8) is 0 Å². The summed E-state index contributed by atoms with van der Waals surface area (Å²) in [5.74, 6) is 1.39. The number of carbonyl (C=O) groups excluding carboxylic acids is 1. The number of para-hydroxylation sites is 1. The predicted octanol–water partition coefficient (Wildman–Crippen LogP) is 4.15. The number of nitrogens with one attached hydrogen (secondary N) is 1. The molecule has 0 spiro atoms. The maximum atomic E-state index is 12.3. The molecule has 132 valence electrons. The third kappa shape index (κ3) is 3.55. The lowest BCUT2D eigenvalue weighted by molar-refractivity contribution is -0.122. The average molecular weight is 366 g/mol. The molecule has 1 aliphatic heterocycles. The summed E-state index contributed by atoms with van der Waals surface area (Å²) in [6, 6.07) is 15.4. The van der Waals surface area contributed by atoms with E-state index in [0.717, 1.165) is 30.0 Å². The summed E-state index contributed by atoms with van der Waals surface area (Å²) in [7, 11) is 0. The highest BCUT2D eigenvalue weighted by Crippen LogP contribution is 2.32. The standard InChI is InChI=1S/C20H18N2O3S/c1-13(25-16-5-3-2-4-6-16)19(23)22-20-21-17(12-26-20)14-7-8-18-15(11-14)9-10-24-18/h2-8,11-13H,9-10H2,1H3,(H,21,22,23). The second kappa shape index (κ2) is 7.17. The van der Waals surface area contributed by atoms with Crippen molar-refractivity contribution in [2.45, 2.75) is 19.4 Å². The molecule has 1 N–H and O–H groups in total. The number of rotatable bonds is 5. The lowest BCUT2D eigenvalue weighted by atomic mass is 10.1. The van der Waals surface area contributed by atoms with Gasteiger partial charge in [0.2, 0.25) is 0 Å². The number of benzene rings is 2. The molecule has 6 heteroatoms. The second-order valence-electron chi connectivity index (χ2n) is 6.02. The lowest BCUT2D eigenvalue weighted by Crippen LogP contribution is -2.30. The fraction of sp³-hybridized carbons (Fsp3) is 0.200. The Morgan fingerprint density at radius 3 is 2.96 bits per heavy atom. The molecule has 0 saturated carbocycles. The fourth-order valence-electron chi connectivity index (χ4n) is 2.77. The zero-order valence-electron chi connectivity index (χ0n) is 14.3. The van der Waals surface area contributed by atoms with Crippen LogP contribution in [0.1, 0.15) is 12.5 Å². The number of amides is 1. The van der Waals surface area contributed by atoms with E-state index in [1.165, 1.54) is 16.9 Å². The van der Waals surface area contributed by atoms with E-state index in [1.54, 1.807) is 6.92 Å². The first-order chi connectivity index (χ1) is 12.7.